The third-order valence-corrected chi connectivity index (χ3v) is 3.77. The maximum Gasteiger partial charge on any atom is 0.262 e. The van der Waals surface area contributed by atoms with E-state index >= 15 is 0 Å². The number of amides is 2. The second kappa shape index (κ2) is 10.0. The van der Waals surface area contributed by atoms with E-state index in [-0.39, 0.29) is 11.5 Å². The summed E-state index contributed by atoms with van der Waals surface area (Å²) in [6, 6.07) is 14.0. The fraction of sp³-hybridized carbons (Fsp3) is 0.190. The number of carbonyl (C=O) groups excluding carboxylic acids is 2. The molecule has 0 bridgehead atoms. The Morgan fingerprint density at radius 1 is 1.04 bits per heavy atom. The molecule has 0 saturated carbocycles. The standard InChI is InChI=1S/C21H22FN3O2/c1-15(2)19(24-20(26)17-10-12-18(22)13-11-17)21(27)25-23-14-6-9-16-7-4-3-5-8-16/h3-15,19H,1-2H3,(H,24,26)(H,25,27). The molecule has 2 aromatic rings. The summed E-state index contributed by atoms with van der Waals surface area (Å²) in [4.78, 5) is 24.6. The van der Waals surface area contributed by atoms with E-state index in [4.69, 9.17) is 0 Å². The average Bonchev–Trinajstić information content (AvgIpc) is 2.66. The highest BCUT2D eigenvalue weighted by Gasteiger charge is 2.24. The van der Waals surface area contributed by atoms with Crippen LogP contribution in [0.5, 0.6) is 0 Å². The third-order valence-electron chi connectivity index (χ3n) is 3.77. The Kier molecular flexibility index (Phi) is 7.43. The highest BCUT2D eigenvalue weighted by Crippen LogP contribution is 2.07. The van der Waals surface area contributed by atoms with Gasteiger partial charge >= 0.3 is 0 Å². The minimum absolute atomic E-state index is 0.149. The number of carbonyl (C=O) groups is 2. The lowest BCUT2D eigenvalue weighted by Gasteiger charge is -2.20. The van der Waals surface area contributed by atoms with Crippen molar-refractivity contribution in [3.63, 3.8) is 0 Å². The second-order valence-electron chi connectivity index (χ2n) is 6.23. The molecule has 0 aliphatic carbocycles. The Balaban J connectivity index is 1.92. The molecule has 140 valence electrons. The molecule has 0 aliphatic heterocycles. The van der Waals surface area contributed by atoms with Crippen LogP contribution in [0, 0.1) is 11.7 Å². The Morgan fingerprint density at radius 3 is 2.33 bits per heavy atom. The lowest BCUT2D eigenvalue weighted by atomic mass is 10.0. The van der Waals surface area contributed by atoms with Gasteiger partial charge in [0, 0.05) is 11.8 Å². The summed E-state index contributed by atoms with van der Waals surface area (Å²) < 4.78 is 13.0. The molecule has 2 rings (SSSR count). The molecule has 0 heterocycles. The molecule has 0 saturated heterocycles. The molecule has 0 radical (unpaired) electrons. The van der Waals surface area contributed by atoms with Crippen LogP contribution in [-0.2, 0) is 4.79 Å². The summed E-state index contributed by atoms with van der Waals surface area (Å²) in [5.74, 6) is -1.45. The largest absolute Gasteiger partial charge is 0.340 e. The van der Waals surface area contributed by atoms with Crippen molar-refractivity contribution in [1.82, 2.24) is 10.7 Å². The van der Waals surface area contributed by atoms with Gasteiger partial charge in [-0.3, -0.25) is 9.59 Å². The van der Waals surface area contributed by atoms with Crippen molar-refractivity contribution in [3.8, 4) is 0 Å². The van der Waals surface area contributed by atoms with Gasteiger partial charge in [0.05, 0.1) is 0 Å². The van der Waals surface area contributed by atoms with Gasteiger partial charge in [0.25, 0.3) is 11.8 Å². The van der Waals surface area contributed by atoms with E-state index in [1.807, 2.05) is 50.3 Å². The molecular weight excluding hydrogens is 345 g/mol. The molecule has 1 atom stereocenters. The van der Waals surface area contributed by atoms with Crippen molar-refractivity contribution in [2.75, 3.05) is 0 Å². The number of rotatable bonds is 7. The summed E-state index contributed by atoms with van der Waals surface area (Å²) in [6.45, 7) is 3.63. The predicted molar refractivity (Wildman–Crippen MR) is 105 cm³/mol. The Bertz CT molecular complexity index is 815. The number of nitrogens with one attached hydrogen (secondary N) is 2. The topological polar surface area (TPSA) is 70.6 Å². The highest BCUT2D eigenvalue weighted by atomic mass is 19.1. The smallest absolute Gasteiger partial charge is 0.262 e. The van der Waals surface area contributed by atoms with Gasteiger partial charge in [-0.05, 0) is 41.8 Å². The van der Waals surface area contributed by atoms with E-state index in [9.17, 15) is 14.0 Å². The van der Waals surface area contributed by atoms with Gasteiger partial charge in [-0.25, -0.2) is 9.82 Å². The zero-order chi connectivity index (χ0) is 19.6. The van der Waals surface area contributed by atoms with Gasteiger partial charge in [0.2, 0.25) is 0 Å². The van der Waals surface area contributed by atoms with E-state index in [1.165, 1.54) is 30.5 Å². The van der Waals surface area contributed by atoms with Crippen LogP contribution in [0.4, 0.5) is 4.39 Å². The quantitative estimate of drug-likeness (QED) is 0.582. The molecule has 0 aliphatic rings. The van der Waals surface area contributed by atoms with Crippen LogP contribution in [0.2, 0.25) is 0 Å². The lowest BCUT2D eigenvalue weighted by Crippen LogP contribution is -2.48. The van der Waals surface area contributed by atoms with Crippen LogP contribution in [0.15, 0.2) is 65.8 Å². The van der Waals surface area contributed by atoms with Crippen molar-refractivity contribution < 1.29 is 14.0 Å². The van der Waals surface area contributed by atoms with Gasteiger partial charge in [-0.2, -0.15) is 5.10 Å². The number of allylic oxidation sites excluding steroid dienone is 1. The number of benzene rings is 2. The van der Waals surface area contributed by atoms with Gasteiger partial charge in [-0.15, -0.1) is 0 Å². The van der Waals surface area contributed by atoms with E-state index in [0.29, 0.717) is 0 Å². The normalized spacial score (nSPS) is 12.4. The van der Waals surface area contributed by atoms with Gasteiger partial charge < -0.3 is 5.32 Å². The third kappa shape index (κ3) is 6.51. The van der Waals surface area contributed by atoms with Crippen LogP contribution >= 0.6 is 0 Å². The summed E-state index contributed by atoms with van der Waals surface area (Å²) in [5.41, 5.74) is 3.72. The monoisotopic (exact) mass is 367 g/mol. The maximum atomic E-state index is 13.0. The number of hydrogen-bond donors (Lipinski definition) is 2. The average molecular weight is 367 g/mol. The van der Waals surface area contributed by atoms with Crippen LogP contribution in [0.3, 0.4) is 0 Å². The summed E-state index contributed by atoms with van der Waals surface area (Å²) in [6.07, 6.45) is 5.02. The molecule has 1 unspecified atom stereocenters. The molecule has 0 spiro atoms. The number of nitrogens with zero attached hydrogens (tertiary/aromatic N) is 1. The van der Waals surface area contributed by atoms with E-state index in [1.54, 1.807) is 6.08 Å². The first-order valence-corrected chi connectivity index (χ1v) is 8.58. The SMILES string of the molecule is CC(C)C(NC(=O)c1ccc(F)cc1)C(=O)NN=CC=Cc1ccccc1. The molecule has 2 N–H and O–H groups in total. The molecular formula is C21H22FN3O2. The molecule has 0 aromatic heterocycles. The molecule has 2 amide bonds. The number of halogens is 1. The van der Waals surface area contributed by atoms with Crippen molar-refractivity contribution in [2.24, 2.45) is 11.0 Å². The van der Waals surface area contributed by atoms with Crippen LogP contribution in [-0.4, -0.2) is 24.1 Å². The Hall–Kier alpha value is -3.28. The molecule has 27 heavy (non-hydrogen) atoms. The van der Waals surface area contributed by atoms with Crippen molar-refractivity contribution in [2.45, 2.75) is 19.9 Å². The van der Waals surface area contributed by atoms with E-state index in [0.717, 1.165) is 5.56 Å². The maximum absolute atomic E-state index is 13.0. The minimum atomic E-state index is -0.766. The van der Waals surface area contributed by atoms with Crippen molar-refractivity contribution >= 4 is 24.1 Å². The highest BCUT2D eigenvalue weighted by molar-refractivity contribution is 5.97. The summed E-state index contributed by atoms with van der Waals surface area (Å²) >= 11 is 0. The van der Waals surface area contributed by atoms with Gasteiger partial charge in [-0.1, -0.05) is 50.3 Å². The molecule has 0 fully saturated rings. The zero-order valence-electron chi connectivity index (χ0n) is 15.2. The number of hydrogen-bond acceptors (Lipinski definition) is 3. The van der Waals surface area contributed by atoms with Crippen LogP contribution < -0.4 is 10.7 Å². The Labute approximate surface area is 158 Å². The second-order valence-corrected chi connectivity index (χ2v) is 6.23. The van der Waals surface area contributed by atoms with Crippen molar-refractivity contribution in [1.29, 1.82) is 0 Å². The first-order valence-electron chi connectivity index (χ1n) is 8.58. The summed E-state index contributed by atoms with van der Waals surface area (Å²) in [7, 11) is 0. The Morgan fingerprint density at radius 2 is 1.70 bits per heavy atom. The van der Waals surface area contributed by atoms with Gasteiger partial charge in [0.1, 0.15) is 11.9 Å². The van der Waals surface area contributed by atoms with Gasteiger partial charge in [0.15, 0.2) is 0 Å². The van der Waals surface area contributed by atoms with E-state index < -0.39 is 23.7 Å². The number of hydrazone groups is 1. The summed E-state index contributed by atoms with van der Waals surface area (Å²) in [5, 5.41) is 6.52. The molecule has 5 nitrogen and oxygen atoms in total. The van der Waals surface area contributed by atoms with Crippen molar-refractivity contribution in [3.05, 3.63) is 77.6 Å². The first-order chi connectivity index (χ1) is 13.0. The van der Waals surface area contributed by atoms with Crippen LogP contribution in [0.1, 0.15) is 29.8 Å². The fourth-order valence-electron chi connectivity index (χ4n) is 2.29. The van der Waals surface area contributed by atoms with Crippen LogP contribution in [0.25, 0.3) is 6.08 Å². The first kappa shape index (κ1) is 20.0. The fourth-order valence-corrected chi connectivity index (χ4v) is 2.29. The van der Waals surface area contributed by atoms with E-state index in [2.05, 4.69) is 15.8 Å². The zero-order valence-corrected chi connectivity index (χ0v) is 15.2. The molecule has 2 aromatic carbocycles. The minimum Gasteiger partial charge on any atom is -0.340 e. The molecule has 6 heteroatoms. The lowest BCUT2D eigenvalue weighted by molar-refractivity contribution is -0.123. The predicted octanol–water partition coefficient (Wildman–Crippen LogP) is 3.40.